The maximum atomic E-state index is 12.9. The van der Waals surface area contributed by atoms with Gasteiger partial charge in [0.05, 0.1) is 18.6 Å². The fourth-order valence-corrected chi connectivity index (χ4v) is 4.11. The van der Waals surface area contributed by atoms with Gasteiger partial charge in [0, 0.05) is 19.4 Å². The second-order valence-corrected chi connectivity index (χ2v) is 7.55. The molecule has 1 aromatic rings. The van der Waals surface area contributed by atoms with Gasteiger partial charge in [-0.05, 0) is 31.2 Å². The molecule has 4 atom stereocenters. The highest BCUT2D eigenvalue weighted by atomic mass is 16.5. The highest BCUT2D eigenvalue weighted by molar-refractivity contribution is 5.90. The molecule has 1 aliphatic heterocycles. The standard InChI is InChI=1S/C21H28N2O4/c1-4-27-21(26)17-13(2)18(20(25)22-12-15-10-11-15)23(14(3)24)19(17)16-8-6-5-7-9-16/h5-9,13,15,17-19H,4,10-12H2,1-3H3,(H,22,25). The van der Waals surface area contributed by atoms with Crippen LogP contribution in [-0.2, 0) is 19.1 Å². The Morgan fingerprint density at radius 1 is 1.19 bits per heavy atom. The van der Waals surface area contributed by atoms with E-state index in [0.717, 1.165) is 18.4 Å². The van der Waals surface area contributed by atoms with Gasteiger partial charge in [0.25, 0.3) is 0 Å². The number of hydrogen-bond donors (Lipinski definition) is 1. The zero-order valence-electron chi connectivity index (χ0n) is 16.2. The third kappa shape index (κ3) is 3.99. The molecule has 3 rings (SSSR count). The highest BCUT2D eigenvalue weighted by Gasteiger charge is 2.55. The fraction of sp³-hybridized carbons (Fsp3) is 0.571. The van der Waals surface area contributed by atoms with Crippen LogP contribution in [0.25, 0.3) is 0 Å². The molecule has 0 aromatic heterocycles. The maximum Gasteiger partial charge on any atom is 0.311 e. The first-order valence-corrected chi connectivity index (χ1v) is 9.73. The first-order valence-electron chi connectivity index (χ1n) is 9.73. The Kier molecular flexibility index (Phi) is 5.82. The number of nitrogens with zero attached hydrogens (tertiary/aromatic N) is 1. The van der Waals surface area contributed by atoms with E-state index in [0.29, 0.717) is 12.5 Å². The summed E-state index contributed by atoms with van der Waals surface area (Å²) in [6.07, 6.45) is 2.27. The van der Waals surface area contributed by atoms with Gasteiger partial charge in [0.1, 0.15) is 6.04 Å². The molecular formula is C21H28N2O4. The molecule has 0 bridgehead atoms. The smallest absolute Gasteiger partial charge is 0.311 e. The number of esters is 1. The molecule has 1 aromatic carbocycles. The lowest BCUT2D eigenvalue weighted by Gasteiger charge is -2.30. The fourth-order valence-electron chi connectivity index (χ4n) is 4.11. The van der Waals surface area contributed by atoms with Crippen LogP contribution in [0.2, 0.25) is 0 Å². The highest BCUT2D eigenvalue weighted by Crippen LogP contribution is 2.45. The van der Waals surface area contributed by atoms with Gasteiger partial charge in [-0.25, -0.2) is 0 Å². The van der Waals surface area contributed by atoms with Gasteiger partial charge in [0.15, 0.2) is 0 Å². The van der Waals surface area contributed by atoms with Crippen LogP contribution >= 0.6 is 0 Å². The second-order valence-electron chi connectivity index (χ2n) is 7.55. The average Bonchev–Trinajstić information content (AvgIpc) is 3.42. The summed E-state index contributed by atoms with van der Waals surface area (Å²) in [4.78, 5) is 39.8. The van der Waals surface area contributed by atoms with Gasteiger partial charge in [-0.2, -0.15) is 0 Å². The van der Waals surface area contributed by atoms with E-state index in [1.807, 2.05) is 37.3 Å². The van der Waals surface area contributed by atoms with E-state index in [1.165, 1.54) is 6.92 Å². The summed E-state index contributed by atoms with van der Waals surface area (Å²) < 4.78 is 5.30. The predicted molar refractivity (Wildman–Crippen MR) is 101 cm³/mol. The molecule has 1 N–H and O–H groups in total. The zero-order chi connectivity index (χ0) is 19.6. The number of likely N-dealkylation sites (tertiary alicyclic amines) is 1. The third-order valence-corrected chi connectivity index (χ3v) is 5.60. The van der Waals surface area contributed by atoms with Crippen molar-refractivity contribution < 1.29 is 19.1 Å². The van der Waals surface area contributed by atoms with Crippen molar-refractivity contribution in [3.63, 3.8) is 0 Å². The van der Waals surface area contributed by atoms with Crippen LogP contribution in [0.3, 0.4) is 0 Å². The molecule has 2 aliphatic rings. The van der Waals surface area contributed by atoms with Crippen molar-refractivity contribution in [2.45, 2.75) is 45.7 Å². The predicted octanol–water partition coefficient (Wildman–Crippen LogP) is 2.30. The van der Waals surface area contributed by atoms with Crippen molar-refractivity contribution in [3.8, 4) is 0 Å². The minimum absolute atomic E-state index is 0.183. The van der Waals surface area contributed by atoms with Crippen LogP contribution in [-0.4, -0.2) is 41.9 Å². The van der Waals surface area contributed by atoms with Crippen LogP contribution in [0, 0.1) is 17.8 Å². The molecule has 146 valence electrons. The molecule has 1 saturated heterocycles. The van der Waals surface area contributed by atoms with E-state index in [2.05, 4.69) is 5.32 Å². The minimum atomic E-state index is -0.680. The van der Waals surface area contributed by atoms with Crippen molar-refractivity contribution in [1.29, 1.82) is 0 Å². The molecule has 6 heteroatoms. The Labute approximate surface area is 160 Å². The lowest BCUT2D eigenvalue weighted by Crippen LogP contribution is -2.48. The van der Waals surface area contributed by atoms with E-state index in [-0.39, 0.29) is 30.3 Å². The monoisotopic (exact) mass is 372 g/mol. The SMILES string of the molecule is CCOC(=O)C1C(C)C(C(=O)NCC2CC2)N(C(C)=O)C1c1ccccc1. The number of rotatable bonds is 6. The maximum absolute atomic E-state index is 12.9. The molecule has 0 spiro atoms. The molecule has 0 radical (unpaired) electrons. The average molecular weight is 372 g/mol. The Morgan fingerprint density at radius 2 is 1.85 bits per heavy atom. The van der Waals surface area contributed by atoms with E-state index < -0.39 is 18.0 Å². The lowest BCUT2D eigenvalue weighted by molar-refractivity contribution is -0.150. The minimum Gasteiger partial charge on any atom is -0.466 e. The number of hydrogen-bond acceptors (Lipinski definition) is 4. The number of carbonyl (C=O) groups excluding carboxylic acids is 3. The first-order chi connectivity index (χ1) is 13.0. The molecule has 4 unspecified atom stereocenters. The molecule has 2 fully saturated rings. The van der Waals surface area contributed by atoms with Crippen LogP contribution in [0.5, 0.6) is 0 Å². The summed E-state index contributed by atoms with van der Waals surface area (Å²) in [5.74, 6) is -1.12. The second kappa shape index (κ2) is 8.11. The number of carbonyl (C=O) groups is 3. The van der Waals surface area contributed by atoms with Crippen LogP contribution < -0.4 is 5.32 Å². The van der Waals surface area contributed by atoms with Crippen molar-refractivity contribution in [1.82, 2.24) is 10.2 Å². The molecule has 6 nitrogen and oxygen atoms in total. The Bertz CT molecular complexity index is 701. The van der Waals surface area contributed by atoms with Gasteiger partial charge in [-0.1, -0.05) is 37.3 Å². The van der Waals surface area contributed by atoms with Gasteiger partial charge in [0.2, 0.25) is 11.8 Å². The normalized spacial score (nSPS) is 27.3. The molecular weight excluding hydrogens is 344 g/mol. The summed E-state index contributed by atoms with van der Waals surface area (Å²) >= 11 is 0. The summed E-state index contributed by atoms with van der Waals surface area (Å²) in [5.41, 5.74) is 0.843. The van der Waals surface area contributed by atoms with Crippen molar-refractivity contribution in [2.75, 3.05) is 13.2 Å². The third-order valence-electron chi connectivity index (χ3n) is 5.60. The molecule has 1 heterocycles. The molecule has 1 saturated carbocycles. The summed E-state index contributed by atoms with van der Waals surface area (Å²) in [5, 5.41) is 2.98. The number of ether oxygens (including phenoxy) is 1. The molecule has 27 heavy (non-hydrogen) atoms. The molecule has 2 amide bonds. The first kappa shape index (κ1) is 19.4. The Morgan fingerprint density at radius 3 is 2.41 bits per heavy atom. The summed E-state index contributed by atoms with van der Waals surface area (Å²) in [7, 11) is 0. The zero-order valence-corrected chi connectivity index (χ0v) is 16.2. The van der Waals surface area contributed by atoms with Crippen molar-refractivity contribution >= 4 is 17.8 Å². The molecule has 1 aliphatic carbocycles. The lowest BCUT2D eigenvalue weighted by atomic mass is 9.85. The number of nitrogens with one attached hydrogen (secondary N) is 1. The van der Waals surface area contributed by atoms with Gasteiger partial charge >= 0.3 is 5.97 Å². The topological polar surface area (TPSA) is 75.7 Å². The Balaban J connectivity index is 1.96. The Hall–Kier alpha value is -2.37. The van der Waals surface area contributed by atoms with Gasteiger partial charge in [-0.3, -0.25) is 14.4 Å². The summed E-state index contributed by atoms with van der Waals surface area (Å²) in [6.45, 7) is 5.98. The van der Waals surface area contributed by atoms with E-state index >= 15 is 0 Å². The van der Waals surface area contributed by atoms with E-state index in [1.54, 1.807) is 11.8 Å². The van der Waals surface area contributed by atoms with Crippen molar-refractivity contribution in [3.05, 3.63) is 35.9 Å². The van der Waals surface area contributed by atoms with Crippen LogP contribution in [0.4, 0.5) is 0 Å². The largest absolute Gasteiger partial charge is 0.466 e. The van der Waals surface area contributed by atoms with Crippen LogP contribution in [0.1, 0.15) is 45.2 Å². The number of amides is 2. The van der Waals surface area contributed by atoms with Gasteiger partial charge < -0.3 is 15.0 Å². The van der Waals surface area contributed by atoms with Crippen LogP contribution in [0.15, 0.2) is 30.3 Å². The van der Waals surface area contributed by atoms with E-state index in [9.17, 15) is 14.4 Å². The number of benzene rings is 1. The van der Waals surface area contributed by atoms with E-state index in [4.69, 9.17) is 4.74 Å². The quantitative estimate of drug-likeness (QED) is 0.778. The summed E-state index contributed by atoms with van der Waals surface area (Å²) in [6, 6.07) is 8.24. The van der Waals surface area contributed by atoms with Gasteiger partial charge in [-0.15, -0.1) is 0 Å². The van der Waals surface area contributed by atoms with Crippen molar-refractivity contribution in [2.24, 2.45) is 17.8 Å².